The maximum Gasteiger partial charge on any atom is 0.474 e. The summed E-state index contributed by atoms with van der Waals surface area (Å²) in [4.78, 5) is 0. The Bertz CT molecular complexity index is 444. The highest BCUT2D eigenvalue weighted by Gasteiger charge is 2.45. The SMILES string of the molecule is CCC(F)(F)COCC(F)(F)OC(F)(F)COCCOP(=O)(OC)OC. The Balaban J connectivity index is 4.20. The van der Waals surface area contributed by atoms with E-state index in [9.17, 15) is 30.9 Å². The lowest BCUT2D eigenvalue weighted by Crippen LogP contribution is -2.40. The number of rotatable bonds is 15. The zero-order valence-electron chi connectivity index (χ0n) is 14.3. The van der Waals surface area contributed by atoms with Gasteiger partial charge in [-0.05, 0) is 0 Å². The fourth-order valence-electron chi connectivity index (χ4n) is 1.28. The molecule has 0 radical (unpaired) electrons. The molecule has 0 fully saturated rings. The van der Waals surface area contributed by atoms with Crippen LogP contribution in [0, 0.1) is 0 Å². The van der Waals surface area contributed by atoms with Crippen molar-refractivity contribution >= 4 is 7.82 Å². The van der Waals surface area contributed by atoms with Crippen LogP contribution in [0.25, 0.3) is 0 Å². The van der Waals surface area contributed by atoms with Crippen LogP contribution in [0.3, 0.4) is 0 Å². The first-order valence-corrected chi connectivity index (χ1v) is 8.61. The summed E-state index contributed by atoms with van der Waals surface area (Å²) in [6.07, 6.45) is -9.62. The van der Waals surface area contributed by atoms with E-state index in [4.69, 9.17) is 0 Å². The summed E-state index contributed by atoms with van der Waals surface area (Å²) in [5.74, 6) is -3.36. The van der Waals surface area contributed by atoms with Crippen molar-refractivity contribution in [2.24, 2.45) is 0 Å². The second-order valence-electron chi connectivity index (χ2n) is 4.78. The van der Waals surface area contributed by atoms with E-state index >= 15 is 0 Å². The second kappa shape index (κ2) is 10.8. The molecule has 0 N–H and O–H groups in total. The number of alkyl halides is 6. The van der Waals surface area contributed by atoms with Crippen molar-refractivity contribution in [1.82, 2.24) is 0 Å². The van der Waals surface area contributed by atoms with E-state index in [2.05, 4.69) is 27.8 Å². The van der Waals surface area contributed by atoms with Crippen LogP contribution in [0.5, 0.6) is 0 Å². The minimum Gasteiger partial charge on any atom is -0.370 e. The Morgan fingerprint density at radius 3 is 1.77 bits per heavy atom. The molecule has 0 aromatic carbocycles. The average molecular weight is 422 g/mol. The van der Waals surface area contributed by atoms with E-state index in [1.807, 2.05) is 0 Å². The monoisotopic (exact) mass is 422 g/mol. The summed E-state index contributed by atoms with van der Waals surface area (Å²) in [5, 5.41) is 0. The van der Waals surface area contributed by atoms with E-state index in [-0.39, 0.29) is 0 Å². The van der Waals surface area contributed by atoms with Crippen molar-refractivity contribution in [1.29, 1.82) is 0 Å². The standard InChI is InChI=1S/C12H21F6O7P/c1-4-10(13,14)7-23-9-12(17,18)25-11(15,16)8-22-5-6-24-26(19,20-2)21-3/h4-9H2,1-3H3. The molecule has 7 nitrogen and oxygen atoms in total. The third-order valence-electron chi connectivity index (χ3n) is 2.59. The summed E-state index contributed by atoms with van der Waals surface area (Å²) in [6, 6.07) is 0. The van der Waals surface area contributed by atoms with Gasteiger partial charge in [-0.15, -0.1) is 0 Å². The van der Waals surface area contributed by atoms with E-state index in [1.54, 1.807) is 0 Å². The molecule has 0 heterocycles. The predicted octanol–water partition coefficient (Wildman–Crippen LogP) is 3.68. The summed E-state index contributed by atoms with van der Waals surface area (Å²) < 4.78 is 115. The van der Waals surface area contributed by atoms with Gasteiger partial charge in [0.05, 0.1) is 13.2 Å². The first kappa shape index (κ1) is 25.6. The molecule has 0 saturated carbocycles. The van der Waals surface area contributed by atoms with Crippen LogP contribution in [-0.4, -0.2) is 65.4 Å². The Morgan fingerprint density at radius 2 is 1.31 bits per heavy atom. The maximum atomic E-state index is 13.3. The van der Waals surface area contributed by atoms with Gasteiger partial charge in [-0.25, -0.2) is 13.3 Å². The third-order valence-corrected chi connectivity index (χ3v) is 3.99. The minimum absolute atomic E-state index is 0.499. The largest absolute Gasteiger partial charge is 0.474 e. The fraction of sp³-hybridized carbons (Fsp3) is 1.00. The number of hydrogen-bond acceptors (Lipinski definition) is 7. The number of ether oxygens (including phenoxy) is 3. The lowest BCUT2D eigenvalue weighted by atomic mass is 10.3. The molecule has 0 amide bonds. The molecular formula is C12H21F6O7P. The quantitative estimate of drug-likeness (QED) is 0.227. The molecule has 0 aliphatic carbocycles. The summed E-state index contributed by atoms with van der Waals surface area (Å²) in [5.41, 5.74) is 0. The van der Waals surface area contributed by atoms with Crippen molar-refractivity contribution < 1.29 is 58.7 Å². The average Bonchev–Trinajstić information content (AvgIpc) is 2.52. The van der Waals surface area contributed by atoms with Crippen LogP contribution in [0.1, 0.15) is 13.3 Å². The third kappa shape index (κ3) is 11.3. The molecule has 0 spiro atoms. The van der Waals surface area contributed by atoms with Gasteiger partial charge in [0.1, 0.15) is 19.8 Å². The van der Waals surface area contributed by atoms with Crippen molar-refractivity contribution in [2.45, 2.75) is 31.5 Å². The molecule has 0 aromatic heterocycles. The Kier molecular flexibility index (Phi) is 10.6. The smallest absolute Gasteiger partial charge is 0.370 e. The second-order valence-corrected chi connectivity index (χ2v) is 6.66. The minimum atomic E-state index is -4.52. The van der Waals surface area contributed by atoms with Gasteiger partial charge in [0.2, 0.25) is 0 Å². The zero-order chi connectivity index (χ0) is 20.5. The summed E-state index contributed by atoms with van der Waals surface area (Å²) >= 11 is 0. The van der Waals surface area contributed by atoms with Gasteiger partial charge in [-0.1, -0.05) is 6.92 Å². The first-order chi connectivity index (χ1) is 11.8. The highest BCUT2D eigenvalue weighted by atomic mass is 31.2. The van der Waals surface area contributed by atoms with Crippen molar-refractivity contribution in [2.75, 3.05) is 47.3 Å². The fourth-order valence-corrected chi connectivity index (χ4v) is 1.94. The lowest BCUT2D eigenvalue weighted by Gasteiger charge is -2.24. The molecular weight excluding hydrogens is 401 g/mol. The predicted molar refractivity (Wildman–Crippen MR) is 75.4 cm³/mol. The van der Waals surface area contributed by atoms with Gasteiger partial charge >= 0.3 is 20.0 Å². The van der Waals surface area contributed by atoms with Crippen LogP contribution in [0.2, 0.25) is 0 Å². The van der Waals surface area contributed by atoms with E-state index in [1.165, 1.54) is 0 Å². The Hall–Kier alpha value is -0.430. The van der Waals surface area contributed by atoms with Crippen molar-refractivity contribution in [3.8, 4) is 0 Å². The normalized spacial score (nSPS) is 14.0. The molecule has 0 saturated heterocycles. The molecule has 14 heteroatoms. The van der Waals surface area contributed by atoms with E-state index < -0.39 is 65.4 Å². The molecule has 0 aliphatic rings. The van der Waals surface area contributed by atoms with Gasteiger partial charge < -0.3 is 9.47 Å². The molecule has 0 aromatic rings. The van der Waals surface area contributed by atoms with E-state index in [0.29, 0.717) is 0 Å². The molecule has 0 rings (SSSR count). The number of phosphoric ester groups is 1. The van der Waals surface area contributed by atoms with Crippen molar-refractivity contribution in [3.05, 3.63) is 0 Å². The highest BCUT2D eigenvalue weighted by molar-refractivity contribution is 7.48. The van der Waals surface area contributed by atoms with Gasteiger partial charge in [0.15, 0.2) is 0 Å². The molecule has 158 valence electrons. The van der Waals surface area contributed by atoms with Gasteiger partial charge in [0.25, 0.3) is 5.92 Å². The molecule has 0 unspecified atom stereocenters. The number of phosphoric acid groups is 1. The first-order valence-electron chi connectivity index (χ1n) is 7.15. The van der Waals surface area contributed by atoms with Gasteiger partial charge in [-0.2, -0.15) is 17.6 Å². The molecule has 0 aliphatic heterocycles. The maximum absolute atomic E-state index is 13.3. The summed E-state index contributed by atoms with van der Waals surface area (Å²) in [7, 11) is -1.78. The van der Waals surface area contributed by atoms with Crippen LogP contribution in [-0.2, 0) is 32.3 Å². The number of hydrogen-bond donors (Lipinski definition) is 0. The Morgan fingerprint density at radius 1 is 0.808 bits per heavy atom. The van der Waals surface area contributed by atoms with E-state index in [0.717, 1.165) is 21.1 Å². The molecule has 0 bridgehead atoms. The van der Waals surface area contributed by atoms with Crippen LogP contribution in [0.15, 0.2) is 0 Å². The van der Waals surface area contributed by atoms with Crippen LogP contribution >= 0.6 is 7.82 Å². The van der Waals surface area contributed by atoms with Crippen molar-refractivity contribution in [3.63, 3.8) is 0 Å². The number of halogens is 6. The summed E-state index contributed by atoms with van der Waals surface area (Å²) in [6.45, 7) is -4.71. The lowest BCUT2D eigenvalue weighted by molar-refractivity contribution is -0.394. The van der Waals surface area contributed by atoms with Gasteiger partial charge in [-0.3, -0.25) is 18.3 Å². The molecule has 0 atom stereocenters. The molecule has 26 heavy (non-hydrogen) atoms. The highest BCUT2D eigenvalue weighted by Crippen LogP contribution is 2.47. The topological polar surface area (TPSA) is 72.5 Å². The zero-order valence-corrected chi connectivity index (χ0v) is 15.2. The van der Waals surface area contributed by atoms with Gasteiger partial charge in [0, 0.05) is 20.6 Å². The van der Waals surface area contributed by atoms with Crippen LogP contribution in [0.4, 0.5) is 26.3 Å². The Labute approximate surface area is 146 Å². The van der Waals surface area contributed by atoms with Crippen LogP contribution < -0.4 is 0 Å².